The lowest BCUT2D eigenvalue weighted by atomic mass is 9.99. The minimum atomic E-state index is -0.153. The molecule has 4 nitrogen and oxygen atoms in total. The first-order chi connectivity index (χ1) is 6.90. The Morgan fingerprint density at radius 2 is 2.07 bits per heavy atom. The Kier molecular flexibility index (Phi) is 4.16. The summed E-state index contributed by atoms with van der Waals surface area (Å²) in [5.74, 6) is 0.169. The summed E-state index contributed by atoms with van der Waals surface area (Å²) >= 11 is 1.06. The van der Waals surface area contributed by atoms with Gasteiger partial charge in [-0.05, 0) is 5.41 Å². The predicted octanol–water partition coefficient (Wildman–Crippen LogP) is 1.74. The van der Waals surface area contributed by atoms with Gasteiger partial charge in [0.25, 0.3) is 5.24 Å². The molecule has 0 aromatic carbocycles. The smallest absolute Gasteiger partial charge is 0.288 e. The van der Waals surface area contributed by atoms with Gasteiger partial charge in [-0.15, -0.1) is 0 Å². The van der Waals surface area contributed by atoms with Gasteiger partial charge in [0.1, 0.15) is 0 Å². The number of nitrogens with zero attached hydrogens (tertiary/aromatic N) is 1. The van der Waals surface area contributed by atoms with Crippen LogP contribution in [0.3, 0.4) is 0 Å². The van der Waals surface area contributed by atoms with Crippen LogP contribution in [0.4, 0.5) is 4.79 Å². The summed E-state index contributed by atoms with van der Waals surface area (Å²) in [5, 5.41) is -0.153. The Bertz CT molecular complexity index is 244. The number of carbonyl (C=O) groups is 2. The van der Waals surface area contributed by atoms with E-state index in [9.17, 15) is 9.59 Å². The molecule has 1 heterocycles. The Morgan fingerprint density at radius 3 is 2.53 bits per heavy atom. The second-order valence-corrected chi connectivity index (χ2v) is 5.64. The molecule has 1 fully saturated rings. The maximum absolute atomic E-state index is 11.2. The van der Waals surface area contributed by atoms with Crippen molar-refractivity contribution in [1.82, 2.24) is 4.90 Å². The highest BCUT2D eigenvalue weighted by Gasteiger charge is 2.29. The van der Waals surface area contributed by atoms with Crippen molar-refractivity contribution in [1.29, 1.82) is 0 Å². The average molecular weight is 231 g/mol. The largest absolute Gasteiger partial charge is 0.379 e. The molecule has 1 aliphatic heterocycles. The van der Waals surface area contributed by atoms with Crippen molar-refractivity contribution in [3.05, 3.63) is 0 Å². The number of carbonyl (C=O) groups excluding carboxylic acids is 2. The number of ether oxygens (including phenoxy) is 1. The molecular formula is C10H17NO3S. The number of hydrogen-bond acceptors (Lipinski definition) is 4. The fourth-order valence-corrected chi connectivity index (χ4v) is 1.88. The first kappa shape index (κ1) is 12.5. The van der Waals surface area contributed by atoms with Crippen LogP contribution in [0, 0.1) is 5.41 Å². The van der Waals surface area contributed by atoms with E-state index >= 15 is 0 Å². The van der Waals surface area contributed by atoms with Gasteiger partial charge in [0.15, 0.2) is 0 Å². The predicted molar refractivity (Wildman–Crippen MR) is 59.8 cm³/mol. The SMILES string of the molecule is CC(C)(C)COCCN1C(=O)CSC1=O. The fraction of sp³-hybridized carbons (Fsp3) is 0.800. The number of hydrogen-bond donors (Lipinski definition) is 0. The zero-order valence-corrected chi connectivity index (χ0v) is 10.2. The van der Waals surface area contributed by atoms with Crippen molar-refractivity contribution in [3.8, 4) is 0 Å². The second-order valence-electron chi connectivity index (χ2n) is 4.71. The summed E-state index contributed by atoms with van der Waals surface area (Å²) in [6.07, 6.45) is 0. The molecule has 0 aromatic heterocycles. The van der Waals surface area contributed by atoms with Gasteiger partial charge in [0.05, 0.1) is 25.5 Å². The quantitative estimate of drug-likeness (QED) is 0.691. The van der Waals surface area contributed by atoms with Crippen LogP contribution >= 0.6 is 11.8 Å². The fourth-order valence-electron chi connectivity index (χ4n) is 1.13. The van der Waals surface area contributed by atoms with Crippen LogP contribution in [0.25, 0.3) is 0 Å². The second kappa shape index (κ2) is 4.99. The first-order valence-electron chi connectivity index (χ1n) is 4.95. The third kappa shape index (κ3) is 4.22. The minimum absolute atomic E-state index is 0.107. The molecule has 0 radical (unpaired) electrons. The summed E-state index contributed by atoms with van der Waals surface area (Å²) in [6, 6.07) is 0. The lowest BCUT2D eigenvalue weighted by molar-refractivity contribution is -0.125. The van der Waals surface area contributed by atoms with Crippen molar-refractivity contribution in [2.75, 3.05) is 25.5 Å². The van der Waals surface area contributed by atoms with Gasteiger partial charge in [-0.1, -0.05) is 32.5 Å². The van der Waals surface area contributed by atoms with Crippen LogP contribution < -0.4 is 0 Å². The maximum atomic E-state index is 11.2. The summed E-state index contributed by atoms with van der Waals surface area (Å²) in [5.41, 5.74) is 0.119. The van der Waals surface area contributed by atoms with E-state index in [1.807, 2.05) is 0 Å². The summed E-state index contributed by atoms with van der Waals surface area (Å²) in [7, 11) is 0. The van der Waals surface area contributed by atoms with Crippen LogP contribution in [0.2, 0.25) is 0 Å². The molecule has 1 aliphatic rings. The molecule has 0 aliphatic carbocycles. The first-order valence-corrected chi connectivity index (χ1v) is 5.93. The van der Waals surface area contributed by atoms with Gasteiger partial charge < -0.3 is 4.74 Å². The van der Waals surface area contributed by atoms with Gasteiger partial charge in [-0.25, -0.2) is 0 Å². The van der Waals surface area contributed by atoms with Crippen LogP contribution in [-0.4, -0.2) is 41.6 Å². The van der Waals surface area contributed by atoms with Gasteiger partial charge in [-0.2, -0.15) is 0 Å². The normalized spacial score (nSPS) is 17.7. The van der Waals surface area contributed by atoms with Crippen molar-refractivity contribution in [2.24, 2.45) is 5.41 Å². The van der Waals surface area contributed by atoms with Crippen LogP contribution in [0.1, 0.15) is 20.8 Å². The molecule has 0 N–H and O–H groups in total. The molecule has 0 spiro atoms. The van der Waals surface area contributed by atoms with Gasteiger partial charge in [0, 0.05) is 0 Å². The van der Waals surface area contributed by atoms with Crippen molar-refractivity contribution in [3.63, 3.8) is 0 Å². The van der Waals surface area contributed by atoms with E-state index in [4.69, 9.17) is 4.74 Å². The number of imide groups is 1. The van der Waals surface area contributed by atoms with Crippen LogP contribution in [-0.2, 0) is 9.53 Å². The molecule has 5 heteroatoms. The molecule has 0 saturated carbocycles. The van der Waals surface area contributed by atoms with Gasteiger partial charge in [0.2, 0.25) is 5.91 Å². The zero-order valence-electron chi connectivity index (χ0n) is 9.41. The summed E-state index contributed by atoms with van der Waals surface area (Å²) < 4.78 is 5.40. The molecule has 0 aromatic rings. The molecule has 2 amide bonds. The van der Waals surface area contributed by atoms with E-state index in [0.29, 0.717) is 19.8 Å². The van der Waals surface area contributed by atoms with Gasteiger partial charge >= 0.3 is 0 Å². The topological polar surface area (TPSA) is 46.6 Å². The Hall–Kier alpha value is -0.550. The van der Waals surface area contributed by atoms with E-state index in [1.165, 1.54) is 4.90 Å². The van der Waals surface area contributed by atoms with Crippen molar-refractivity contribution < 1.29 is 14.3 Å². The lowest BCUT2D eigenvalue weighted by Crippen LogP contribution is -2.32. The van der Waals surface area contributed by atoms with E-state index in [-0.39, 0.29) is 22.3 Å². The molecular weight excluding hydrogens is 214 g/mol. The van der Waals surface area contributed by atoms with Gasteiger partial charge in [-0.3, -0.25) is 14.5 Å². The average Bonchev–Trinajstić information content (AvgIpc) is 2.40. The van der Waals surface area contributed by atoms with Crippen molar-refractivity contribution >= 4 is 22.9 Å². The Labute approximate surface area is 94.3 Å². The molecule has 0 bridgehead atoms. The monoisotopic (exact) mass is 231 g/mol. The standard InChI is InChI=1S/C10H17NO3S/c1-10(2,3)7-14-5-4-11-8(12)6-15-9(11)13/h4-7H2,1-3H3. The van der Waals surface area contributed by atoms with E-state index < -0.39 is 0 Å². The van der Waals surface area contributed by atoms with Crippen LogP contribution in [0.5, 0.6) is 0 Å². The Balaban J connectivity index is 2.20. The molecule has 0 atom stereocenters. The zero-order chi connectivity index (χ0) is 11.5. The summed E-state index contributed by atoms with van der Waals surface area (Å²) in [6.45, 7) is 7.67. The molecule has 1 rings (SSSR count). The highest BCUT2D eigenvalue weighted by atomic mass is 32.2. The summed E-state index contributed by atoms with van der Waals surface area (Å²) in [4.78, 5) is 23.7. The third-order valence-corrected chi connectivity index (χ3v) is 2.69. The van der Waals surface area contributed by atoms with E-state index in [0.717, 1.165) is 11.8 Å². The number of amides is 2. The highest BCUT2D eigenvalue weighted by Crippen LogP contribution is 2.18. The molecule has 86 valence electrons. The third-order valence-electron chi connectivity index (χ3n) is 1.83. The minimum Gasteiger partial charge on any atom is -0.379 e. The number of rotatable bonds is 4. The molecule has 0 unspecified atom stereocenters. The van der Waals surface area contributed by atoms with Crippen molar-refractivity contribution in [2.45, 2.75) is 20.8 Å². The van der Waals surface area contributed by atoms with E-state index in [2.05, 4.69) is 20.8 Å². The Morgan fingerprint density at radius 1 is 1.40 bits per heavy atom. The molecule has 1 saturated heterocycles. The van der Waals surface area contributed by atoms with Crippen LogP contribution in [0.15, 0.2) is 0 Å². The highest BCUT2D eigenvalue weighted by molar-refractivity contribution is 8.14. The number of thioether (sulfide) groups is 1. The van der Waals surface area contributed by atoms with E-state index in [1.54, 1.807) is 0 Å². The lowest BCUT2D eigenvalue weighted by Gasteiger charge is -2.19. The molecule has 15 heavy (non-hydrogen) atoms. The maximum Gasteiger partial charge on any atom is 0.288 e.